The fourth-order valence-electron chi connectivity index (χ4n) is 4.79. The minimum absolute atomic E-state index is 0.209. The highest BCUT2D eigenvalue weighted by Crippen LogP contribution is 2.26. The lowest BCUT2D eigenvalue weighted by atomic mass is 10.1. The van der Waals surface area contributed by atoms with Crippen molar-refractivity contribution in [3.63, 3.8) is 0 Å². The zero-order valence-electron chi connectivity index (χ0n) is 19.0. The number of aromatic nitrogens is 1. The minimum Gasteiger partial charge on any atom is -0.450 e. The first-order valence-corrected chi connectivity index (χ1v) is 11.9. The topological polar surface area (TPSA) is 57.7 Å². The quantitative estimate of drug-likeness (QED) is 0.709. The van der Waals surface area contributed by atoms with E-state index >= 15 is 0 Å². The molecule has 1 N–H and O–H groups in total. The Morgan fingerprint density at radius 1 is 1.10 bits per heavy atom. The van der Waals surface area contributed by atoms with Gasteiger partial charge in [0.25, 0.3) is 0 Å². The molecule has 6 heteroatoms. The second kappa shape index (κ2) is 10.3. The Balaban J connectivity index is 1.53. The van der Waals surface area contributed by atoms with Gasteiger partial charge in [-0.2, -0.15) is 0 Å². The van der Waals surface area contributed by atoms with Crippen molar-refractivity contribution in [1.29, 1.82) is 0 Å². The average Bonchev–Trinajstić information content (AvgIpc) is 3.06. The summed E-state index contributed by atoms with van der Waals surface area (Å²) in [6.45, 7) is 8.13. The highest BCUT2D eigenvalue weighted by Gasteiger charge is 2.25. The van der Waals surface area contributed by atoms with Crippen LogP contribution in [-0.4, -0.2) is 54.8 Å². The third-order valence-electron chi connectivity index (χ3n) is 6.57. The molecule has 2 heterocycles. The van der Waals surface area contributed by atoms with Crippen LogP contribution in [0.1, 0.15) is 56.6 Å². The van der Waals surface area contributed by atoms with Crippen molar-refractivity contribution in [2.75, 3.05) is 37.7 Å². The van der Waals surface area contributed by atoms with Gasteiger partial charge in [-0.3, -0.25) is 0 Å². The van der Waals surface area contributed by atoms with Gasteiger partial charge in [0.15, 0.2) is 0 Å². The Hall–Kier alpha value is -2.34. The molecule has 0 unspecified atom stereocenters. The summed E-state index contributed by atoms with van der Waals surface area (Å²) in [7, 11) is 0. The number of benzene rings is 1. The van der Waals surface area contributed by atoms with Crippen LogP contribution in [0.3, 0.4) is 0 Å². The molecule has 6 nitrogen and oxygen atoms in total. The standard InChI is InChI=1S/C25H36N4O2/c1-3-31-25(30)29-14-12-28(13-15-29)24-21(18-26-22-8-6-4-5-7-9-22)17-20-16-19(2)10-11-23(20)27-24/h10-11,16-17,22,26H,3-9,12-15,18H2,1-2H3. The molecule has 1 aromatic carbocycles. The molecular weight excluding hydrogens is 388 g/mol. The fraction of sp³-hybridized carbons (Fsp3) is 0.600. The Morgan fingerprint density at radius 2 is 1.84 bits per heavy atom. The number of amides is 1. The molecule has 4 rings (SSSR count). The van der Waals surface area contributed by atoms with Crippen molar-refractivity contribution in [2.45, 2.75) is 65.0 Å². The molecule has 0 spiro atoms. The van der Waals surface area contributed by atoms with Crippen LogP contribution in [0.25, 0.3) is 10.9 Å². The Kier molecular flexibility index (Phi) is 7.28. The van der Waals surface area contributed by atoms with Gasteiger partial charge in [0.1, 0.15) is 5.82 Å². The van der Waals surface area contributed by atoms with E-state index < -0.39 is 0 Å². The maximum Gasteiger partial charge on any atom is 0.409 e. The molecule has 2 fully saturated rings. The lowest BCUT2D eigenvalue weighted by molar-refractivity contribution is 0.105. The number of piperazine rings is 1. The van der Waals surface area contributed by atoms with Crippen molar-refractivity contribution >= 4 is 22.8 Å². The van der Waals surface area contributed by atoms with Gasteiger partial charge >= 0.3 is 6.09 Å². The smallest absolute Gasteiger partial charge is 0.409 e. The number of ether oxygens (including phenoxy) is 1. The van der Waals surface area contributed by atoms with Gasteiger partial charge in [-0.05, 0) is 44.9 Å². The summed E-state index contributed by atoms with van der Waals surface area (Å²) in [6.07, 6.45) is 7.72. The first-order valence-electron chi connectivity index (χ1n) is 11.9. The Morgan fingerprint density at radius 3 is 2.55 bits per heavy atom. The van der Waals surface area contributed by atoms with E-state index in [1.165, 1.54) is 55.0 Å². The second-order valence-electron chi connectivity index (χ2n) is 8.91. The molecule has 2 aromatic rings. The number of rotatable bonds is 5. The lowest BCUT2D eigenvalue weighted by Gasteiger charge is -2.36. The van der Waals surface area contributed by atoms with Crippen LogP contribution in [0.2, 0.25) is 0 Å². The van der Waals surface area contributed by atoms with E-state index in [1.807, 2.05) is 6.92 Å². The maximum absolute atomic E-state index is 12.1. The summed E-state index contributed by atoms with van der Waals surface area (Å²) in [4.78, 5) is 21.3. The lowest BCUT2D eigenvalue weighted by Crippen LogP contribution is -2.49. The van der Waals surface area contributed by atoms with E-state index in [1.54, 1.807) is 4.90 Å². The molecule has 168 valence electrons. The highest BCUT2D eigenvalue weighted by atomic mass is 16.6. The molecule has 31 heavy (non-hydrogen) atoms. The third kappa shape index (κ3) is 5.48. The number of aryl methyl sites for hydroxylation is 1. The molecule has 1 saturated carbocycles. The molecule has 2 aliphatic rings. The Labute approximate surface area is 186 Å². The molecule has 0 bridgehead atoms. The van der Waals surface area contributed by atoms with E-state index in [0.29, 0.717) is 25.7 Å². The normalized spacial score (nSPS) is 18.3. The van der Waals surface area contributed by atoms with Crippen LogP contribution in [-0.2, 0) is 11.3 Å². The molecule has 1 saturated heterocycles. The van der Waals surface area contributed by atoms with Crippen LogP contribution in [0.15, 0.2) is 24.3 Å². The van der Waals surface area contributed by atoms with Crippen LogP contribution < -0.4 is 10.2 Å². The summed E-state index contributed by atoms with van der Waals surface area (Å²) >= 11 is 0. The number of pyridine rings is 1. The monoisotopic (exact) mass is 424 g/mol. The number of nitrogens with one attached hydrogen (secondary N) is 1. The number of carbonyl (C=O) groups is 1. The largest absolute Gasteiger partial charge is 0.450 e. The first kappa shape index (κ1) is 21.9. The van der Waals surface area contributed by atoms with E-state index in [0.717, 1.165) is 31.0 Å². The molecular formula is C25H36N4O2. The number of hydrogen-bond donors (Lipinski definition) is 1. The van der Waals surface area contributed by atoms with Gasteiger partial charge in [-0.25, -0.2) is 9.78 Å². The zero-order valence-corrected chi connectivity index (χ0v) is 19.0. The molecule has 0 radical (unpaired) electrons. The van der Waals surface area contributed by atoms with Crippen molar-refractivity contribution in [3.8, 4) is 0 Å². The van der Waals surface area contributed by atoms with Crippen molar-refractivity contribution in [1.82, 2.24) is 15.2 Å². The molecule has 1 aliphatic carbocycles. The summed E-state index contributed by atoms with van der Waals surface area (Å²) in [5.74, 6) is 1.06. The third-order valence-corrected chi connectivity index (χ3v) is 6.57. The fourth-order valence-corrected chi connectivity index (χ4v) is 4.79. The predicted octanol–water partition coefficient (Wildman–Crippen LogP) is 4.63. The molecule has 1 aromatic heterocycles. The van der Waals surface area contributed by atoms with Crippen molar-refractivity contribution in [2.24, 2.45) is 0 Å². The van der Waals surface area contributed by atoms with Gasteiger partial charge in [-0.15, -0.1) is 0 Å². The summed E-state index contributed by atoms with van der Waals surface area (Å²) in [6, 6.07) is 9.38. The number of anilines is 1. The van der Waals surface area contributed by atoms with Gasteiger partial charge < -0.3 is 19.9 Å². The van der Waals surface area contributed by atoms with Crippen molar-refractivity contribution < 1.29 is 9.53 Å². The van der Waals surface area contributed by atoms with Crippen molar-refractivity contribution in [3.05, 3.63) is 35.4 Å². The number of carbonyl (C=O) groups excluding carboxylic acids is 1. The van der Waals surface area contributed by atoms with Crippen LogP contribution in [0.4, 0.5) is 10.6 Å². The summed E-state index contributed by atoms with van der Waals surface area (Å²) < 4.78 is 5.17. The number of nitrogens with zero attached hydrogens (tertiary/aromatic N) is 3. The maximum atomic E-state index is 12.1. The highest BCUT2D eigenvalue weighted by molar-refractivity contribution is 5.82. The van der Waals surface area contributed by atoms with E-state index in [-0.39, 0.29) is 6.09 Å². The van der Waals surface area contributed by atoms with Gasteiger partial charge in [0.05, 0.1) is 12.1 Å². The summed E-state index contributed by atoms with van der Waals surface area (Å²) in [5, 5.41) is 5.03. The molecule has 1 aliphatic heterocycles. The predicted molar refractivity (Wildman–Crippen MR) is 126 cm³/mol. The summed E-state index contributed by atoms with van der Waals surface area (Å²) in [5.41, 5.74) is 3.55. The van der Waals surface area contributed by atoms with E-state index in [9.17, 15) is 4.79 Å². The first-order chi connectivity index (χ1) is 15.1. The van der Waals surface area contributed by atoms with Gasteiger partial charge in [-0.1, -0.05) is 37.3 Å². The number of hydrogen-bond acceptors (Lipinski definition) is 5. The van der Waals surface area contributed by atoms with Crippen LogP contribution in [0.5, 0.6) is 0 Å². The minimum atomic E-state index is -0.209. The SMILES string of the molecule is CCOC(=O)N1CCN(c2nc3ccc(C)cc3cc2CNC2CCCCCC2)CC1. The Bertz CT molecular complexity index is 884. The van der Waals surface area contributed by atoms with Crippen LogP contribution in [0, 0.1) is 6.92 Å². The van der Waals surface area contributed by atoms with Gasteiger partial charge in [0, 0.05) is 49.7 Å². The molecule has 1 amide bonds. The van der Waals surface area contributed by atoms with Crippen LogP contribution >= 0.6 is 0 Å². The van der Waals surface area contributed by atoms with Gasteiger partial charge in [0.2, 0.25) is 0 Å². The second-order valence-corrected chi connectivity index (χ2v) is 8.91. The number of fused-ring (bicyclic) bond motifs is 1. The van der Waals surface area contributed by atoms with E-state index in [2.05, 4.69) is 41.4 Å². The zero-order chi connectivity index (χ0) is 21.6. The molecule has 0 atom stereocenters. The average molecular weight is 425 g/mol. The van der Waals surface area contributed by atoms with E-state index in [4.69, 9.17) is 9.72 Å².